The molecular weight excluding hydrogens is 506 g/mol. The molecule has 2 aliphatic rings. The van der Waals surface area contributed by atoms with Crippen LogP contribution in [0.1, 0.15) is 37.7 Å². The highest BCUT2D eigenvalue weighted by Crippen LogP contribution is 2.31. The van der Waals surface area contributed by atoms with Gasteiger partial charge in [0, 0.05) is 23.9 Å². The number of nitrogens with one attached hydrogen (secondary N) is 1. The molecule has 3 aromatic carbocycles. The van der Waals surface area contributed by atoms with Crippen LogP contribution in [-0.4, -0.2) is 35.6 Å². The molecular formula is C31H27N5O4. The number of fused-ring (bicyclic) bond motifs is 4. The van der Waals surface area contributed by atoms with E-state index in [1.807, 2.05) is 41.8 Å². The number of benzene rings is 3. The van der Waals surface area contributed by atoms with Crippen molar-refractivity contribution in [3.05, 3.63) is 87.1 Å². The van der Waals surface area contributed by atoms with Crippen LogP contribution in [-0.2, 0) is 11.3 Å². The number of aromatic nitrogens is 5. The topological polar surface area (TPSA) is 131 Å². The van der Waals surface area contributed by atoms with Crippen LogP contribution < -0.4 is 11.2 Å². The zero-order valence-corrected chi connectivity index (χ0v) is 22.0. The predicted molar refractivity (Wildman–Crippen MR) is 155 cm³/mol. The largest absolute Gasteiger partial charge is 0.481 e. The first-order valence-corrected chi connectivity index (χ1v) is 13.3. The van der Waals surface area contributed by atoms with Crippen LogP contribution in [0.2, 0.25) is 0 Å². The van der Waals surface area contributed by atoms with E-state index in [4.69, 9.17) is 10.1 Å². The summed E-state index contributed by atoms with van der Waals surface area (Å²) in [5.74, 6) is -0.565. The Hall–Kier alpha value is -4.92. The summed E-state index contributed by atoms with van der Waals surface area (Å²) >= 11 is 0. The van der Waals surface area contributed by atoms with E-state index in [2.05, 4.69) is 45.3 Å². The third kappa shape index (κ3) is 4.82. The molecule has 0 atom stereocenters. The van der Waals surface area contributed by atoms with Crippen molar-refractivity contribution in [3.63, 3.8) is 0 Å². The van der Waals surface area contributed by atoms with E-state index in [9.17, 15) is 14.4 Å². The van der Waals surface area contributed by atoms with Crippen LogP contribution in [0.3, 0.4) is 0 Å². The molecule has 0 unspecified atom stereocenters. The molecule has 0 fully saturated rings. The van der Waals surface area contributed by atoms with Gasteiger partial charge >= 0.3 is 11.7 Å². The number of hydrogen-bond donors (Lipinski definition) is 2. The normalized spacial score (nSPS) is 11.6. The third-order valence-corrected chi connectivity index (χ3v) is 7.31. The molecule has 0 spiro atoms. The fraction of sp³-hybridized carbons (Fsp3) is 0.226. The number of H-pyrrole nitrogens is 1. The minimum absolute atomic E-state index is 0.112. The molecule has 0 saturated carbocycles. The van der Waals surface area contributed by atoms with Crippen molar-refractivity contribution in [2.24, 2.45) is 0 Å². The molecule has 9 heteroatoms. The van der Waals surface area contributed by atoms with Crippen LogP contribution in [0, 0.1) is 6.92 Å². The highest BCUT2D eigenvalue weighted by Gasteiger charge is 2.20. The van der Waals surface area contributed by atoms with Crippen molar-refractivity contribution in [2.45, 2.75) is 45.6 Å². The fourth-order valence-electron chi connectivity index (χ4n) is 5.31. The molecule has 1 aromatic heterocycles. The number of carbonyl (C=O) groups is 1. The maximum Gasteiger partial charge on any atom is 0.349 e. The highest BCUT2D eigenvalue weighted by atomic mass is 16.4. The Bertz CT molecular complexity index is 2010. The standard InChI is InChI=1S/C31H27N5O4/c1-18-14-25-26(17-22(18)23-12-11-21-15-19-8-5-6-9-20(19)16-24(21)32-23)36(13-7-3-2-4-10-27(37)38)29-28(33-25)30(39)35-31(40)34-29/h5-6,8-9,11-12,14-17H,2-4,7,10,13H2,1H3,(H,37,38)(H,35,39,40). The minimum Gasteiger partial charge on any atom is -0.481 e. The quantitative estimate of drug-likeness (QED) is 0.201. The maximum atomic E-state index is 12.6. The molecule has 4 aromatic rings. The van der Waals surface area contributed by atoms with Crippen molar-refractivity contribution in [1.82, 2.24) is 24.5 Å². The molecule has 40 heavy (non-hydrogen) atoms. The van der Waals surface area contributed by atoms with Gasteiger partial charge in [-0.2, -0.15) is 4.98 Å². The van der Waals surface area contributed by atoms with Crippen molar-refractivity contribution in [1.29, 1.82) is 0 Å². The van der Waals surface area contributed by atoms with Crippen molar-refractivity contribution < 1.29 is 9.90 Å². The van der Waals surface area contributed by atoms with Gasteiger partial charge in [0.05, 0.1) is 22.2 Å². The van der Waals surface area contributed by atoms with Gasteiger partial charge in [-0.3, -0.25) is 14.6 Å². The summed E-state index contributed by atoms with van der Waals surface area (Å²) < 4.78 is 1.88. The SMILES string of the molecule is Cc1cc2nc3c(=O)[nH]c(=O)nc-3n(CCCCCCC(=O)O)c2cc1-c1ccc2cc3ccccc3cc2n1. The maximum absolute atomic E-state index is 12.6. The van der Waals surface area contributed by atoms with Crippen LogP contribution >= 0.6 is 0 Å². The van der Waals surface area contributed by atoms with E-state index >= 15 is 0 Å². The van der Waals surface area contributed by atoms with E-state index in [1.165, 1.54) is 0 Å². The summed E-state index contributed by atoms with van der Waals surface area (Å²) in [6.45, 7) is 2.49. The average Bonchev–Trinajstić information content (AvgIpc) is 2.93. The van der Waals surface area contributed by atoms with E-state index < -0.39 is 17.2 Å². The number of rotatable bonds is 8. The third-order valence-electron chi connectivity index (χ3n) is 7.31. The molecule has 0 radical (unpaired) electrons. The minimum atomic E-state index is -0.801. The van der Waals surface area contributed by atoms with Crippen molar-refractivity contribution >= 4 is 38.7 Å². The van der Waals surface area contributed by atoms with Crippen molar-refractivity contribution in [2.75, 3.05) is 0 Å². The number of pyridine rings is 1. The molecule has 9 nitrogen and oxygen atoms in total. The van der Waals surface area contributed by atoms with Gasteiger partial charge in [-0.15, -0.1) is 0 Å². The number of nitrogens with zero attached hydrogens (tertiary/aromatic N) is 4. The first kappa shape index (κ1) is 25.4. The first-order chi connectivity index (χ1) is 19.4. The van der Waals surface area contributed by atoms with Gasteiger partial charge in [-0.25, -0.2) is 14.8 Å². The summed E-state index contributed by atoms with van der Waals surface area (Å²) in [4.78, 5) is 51.5. The molecule has 200 valence electrons. The number of aryl methyl sites for hydroxylation is 2. The van der Waals surface area contributed by atoms with Gasteiger partial charge in [0.1, 0.15) is 0 Å². The summed E-state index contributed by atoms with van der Waals surface area (Å²) in [6.07, 6.45) is 3.05. The van der Waals surface area contributed by atoms with Crippen LogP contribution in [0.25, 0.3) is 55.5 Å². The molecule has 0 amide bonds. The lowest BCUT2D eigenvalue weighted by molar-refractivity contribution is -0.137. The fourth-order valence-corrected chi connectivity index (χ4v) is 5.31. The Kier molecular flexibility index (Phi) is 6.55. The van der Waals surface area contributed by atoms with Gasteiger partial charge in [0.15, 0.2) is 11.5 Å². The van der Waals surface area contributed by atoms with Crippen LogP contribution in [0.4, 0.5) is 0 Å². The van der Waals surface area contributed by atoms with Gasteiger partial charge in [-0.1, -0.05) is 43.2 Å². The average molecular weight is 534 g/mol. The van der Waals surface area contributed by atoms with Gasteiger partial charge in [0.25, 0.3) is 5.56 Å². The van der Waals surface area contributed by atoms with E-state index in [1.54, 1.807) is 0 Å². The van der Waals surface area contributed by atoms with Gasteiger partial charge < -0.3 is 9.67 Å². The van der Waals surface area contributed by atoms with E-state index in [0.717, 1.165) is 63.3 Å². The lowest BCUT2D eigenvalue weighted by Crippen LogP contribution is -2.29. The molecule has 0 saturated heterocycles. The summed E-state index contributed by atoms with van der Waals surface area (Å²) in [5, 5.41) is 12.2. The van der Waals surface area contributed by atoms with Crippen LogP contribution in [0.15, 0.2) is 70.3 Å². The Morgan fingerprint density at radius 3 is 2.42 bits per heavy atom. The number of aliphatic carboxylic acids is 1. The van der Waals surface area contributed by atoms with E-state index in [-0.39, 0.29) is 17.9 Å². The molecule has 0 bridgehead atoms. The summed E-state index contributed by atoms with van der Waals surface area (Å²) in [6, 6.07) is 20.4. The second-order valence-corrected chi connectivity index (χ2v) is 10.1. The Labute approximate surface area is 228 Å². The molecule has 2 N–H and O–H groups in total. The number of unbranched alkanes of at least 4 members (excludes halogenated alkanes) is 3. The zero-order chi connectivity index (χ0) is 27.8. The molecule has 6 rings (SSSR count). The van der Waals surface area contributed by atoms with E-state index in [0.29, 0.717) is 18.5 Å². The number of aromatic amines is 1. The second-order valence-electron chi connectivity index (χ2n) is 10.1. The zero-order valence-electron chi connectivity index (χ0n) is 22.0. The summed E-state index contributed by atoms with van der Waals surface area (Å²) in [7, 11) is 0. The van der Waals surface area contributed by atoms with Crippen molar-refractivity contribution in [3.8, 4) is 22.8 Å². The molecule has 3 heterocycles. The smallest absolute Gasteiger partial charge is 0.349 e. The number of carboxylic acid groups (broad SMARTS) is 1. The molecule has 2 aliphatic heterocycles. The van der Waals surface area contributed by atoms with Gasteiger partial charge in [0.2, 0.25) is 0 Å². The highest BCUT2D eigenvalue weighted by molar-refractivity contribution is 5.97. The monoisotopic (exact) mass is 533 g/mol. The lowest BCUT2D eigenvalue weighted by atomic mass is 10.0. The summed E-state index contributed by atoms with van der Waals surface area (Å²) in [5.41, 5.74) is 3.77. The number of carboxylic acids is 1. The number of hydrogen-bond acceptors (Lipinski definition) is 6. The Balaban J connectivity index is 1.46. The first-order valence-electron chi connectivity index (χ1n) is 13.3. The second kappa shape index (κ2) is 10.3. The lowest BCUT2D eigenvalue weighted by Gasteiger charge is -2.18. The van der Waals surface area contributed by atoms with Crippen LogP contribution in [0.5, 0.6) is 0 Å². The predicted octanol–water partition coefficient (Wildman–Crippen LogP) is 5.30. The molecule has 0 aliphatic carbocycles. The Morgan fingerprint density at radius 2 is 1.62 bits per heavy atom. The van der Waals surface area contributed by atoms with Gasteiger partial charge in [-0.05, 0) is 66.4 Å². The Morgan fingerprint density at radius 1 is 0.850 bits per heavy atom.